The Bertz CT molecular complexity index is 579. The smallest absolute Gasteiger partial charge is 0.411 e. The van der Waals surface area contributed by atoms with Crippen LogP contribution in [0.25, 0.3) is 0 Å². The van der Waals surface area contributed by atoms with Gasteiger partial charge in [0.1, 0.15) is 17.7 Å². The van der Waals surface area contributed by atoms with Crippen LogP contribution in [-0.2, 0) is 14.3 Å². The van der Waals surface area contributed by atoms with Crippen molar-refractivity contribution in [1.29, 1.82) is 0 Å². The zero-order valence-corrected chi connectivity index (χ0v) is 17.5. The molecule has 0 unspecified atom stereocenters. The highest BCUT2D eigenvalue weighted by molar-refractivity contribution is 5.81. The highest BCUT2D eigenvalue weighted by atomic mass is 16.6. The fourth-order valence-electron chi connectivity index (χ4n) is 3.46. The maximum absolute atomic E-state index is 11.9. The van der Waals surface area contributed by atoms with Gasteiger partial charge in [0, 0.05) is 6.54 Å². The highest BCUT2D eigenvalue weighted by Gasteiger charge is 2.48. The van der Waals surface area contributed by atoms with Crippen molar-refractivity contribution in [3.05, 3.63) is 0 Å². The number of carbonyl (C=O) groups is 3. The van der Waals surface area contributed by atoms with Crippen molar-refractivity contribution >= 4 is 18.0 Å². The van der Waals surface area contributed by atoms with Gasteiger partial charge in [0.2, 0.25) is 0 Å². The average molecular weight is 386 g/mol. The average Bonchev–Trinajstić information content (AvgIpc) is 2.96. The molecule has 2 heterocycles. The van der Waals surface area contributed by atoms with Gasteiger partial charge in [0.05, 0.1) is 0 Å². The van der Waals surface area contributed by atoms with Crippen LogP contribution < -0.4 is 5.32 Å². The summed E-state index contributed by atoms with van der Waals surface area (Å²) in [5.74, 6) is -1.71. The van der Waals surface area contributed by atoms with Crippen molar-refractivity contribution in [1.82, 2.24) is 10.2 Å². The quantitative estimate of drug-likeness (QED) is 0.668. The van der Waals surface area contributed by atoms with Gasteiger partial charge in [0.25, 0.3) is 0 Å². The molecular weight excluding hydrogens is 352 g/mol. The first kappa shape index (κ1) is 23.2. The lowest BCUT2D eigenvalue weighted by atomic mass is 9.85. The van der Waals surface area contributed by atoms with Crippen molar-refractivity contribution in [2.45, 2.75) is 79.0 Å². The molecule has 156 valence electrons. The predicted octanol–water partition coefficient (Wildman–Crippen LogP) is 2.57. The van der Waals surface area contributed by atoms with Crippen LogP contribution in [0, 0.1) is 10.8 Å². The normalized spacial score (nSPS) is 26.1. The third-order valence-electron chi connectivity index (χ3n) is 5.06. The first-order valence-corrected chi connectivity index (χ1v) is 9.27. The molecule has 8 heteroatoms. The van der Waals surface area contributed by atoms with Crippen LogP contribution in [-0.4, -0.2) is 63.9 Å². The summed E-state index contributed by atoms with van der Waals surface area (Å²) in [6.45, 7) is 14.2. The number of aliphatic carboxylic acids is 2. The van der Waals surface area contributed by atoms with E-state index >= 15 is 0 Å². The third-order valence-corrected chi connectivity index (χ3v) is 5.06. The van der Waals surface area contributed by atoms with Crippen molar-refractivity contribution in [2.75, 3.05) is 13.1 Å². The van der Waals surface area contributed by atoms with Crippen LogP contribution in [0.5, 0.6) is 0 Å². The number of nitrogens with one attached hydrogen (secondary N) is 1. The molecule has 27 heavy (non-hydrogen) atoms. The third kappa shape index (κ3) is 6.09. The van der Waals surface area contributed by atoms with Crippen molar-refractivity contribution in [3.8, 4) is 0 Å². The number of carbonyl (C=O) groups excluding carboxylic acids is 1. The molecule has 1 amide bonds. The maximum atomic E-state index is 11.9. The number of carboxylic acids is 2. The molecule has 0 radical (unpaired) electrons. The number of nitrogens with zero attached hydrogens (tertiary/aromatic N) is 1. The molecule has 2 fully saturated rings. The number of hydrogen-bond donors (Lipinski definition) is 3. The molecule has 2 atom stereocenters. The van der Waals surface area contributed by atoms with Gasteiger partial charge in [0.15, 0.2) is 0 Å². The van der Waals surface area contributed by atoms with E-state index < -0.39 is 35.1 Å². The Balaban J connectivity index is 0.000000309. The summed E-state index contributed by atoms with van der Waals surface area (Å²) in [6, 6.07) is -1.16. The van der Waals surface area contributed by atoms with E-state index in [1.165, 1.54) is 4.90 Å². The van der Waals surface area contributed by atoms with E-state index in [9.17, 15) is 19.5 Å². The molecule has 0 aliphatic carbocycles. The van der Waals surface area contributed by atoms with Gasteiger partial charge in [-0.3, -0.25) is 9.69 Å². The molecule has 2 aliphatic rings. The lowest BCUT2D eigenvalue weighted by Gasteiger charge is -2.30. The summed E-state index contributed by atoms with van der Waals surface area (Å²) in [5.41, 5.74) is -1.10. The molecule has 0 spiro atoms. The van der Waals surface area contributed by atoms with E-state index in [2.05, 4.69) is 5.32 Å². The SMILES string of the molecule is CC(C)(C)OC(=O)N1CCC(C)(C)[C@H]1C(=O)O.CC1(C)CCN[C@@H]1C(=O)O. The van der Waals surface area contributed by atoms with Gasteiger partial charge >= 0.3 is 18.0 Å². The van der Waals surface area contributed by atoms with E-state index in [4.69, 9.17) is 9.84 Å². The Morgan fingerprint density at radius 2 is 1.56 bits per heavy atom. The van der Waals surface area contributed by atoms with Gasteiger partial charge in [-0.05, 0) is 51.0 Å². The lowest BCUT2D eigenvalue weighted by Crippen LogP contribution is -2.47. The van der Waals surface area contributed by atoms with E-state index in [1.54, 1.807) is 20.8 Å². The topological polar surface area (TPSA) is 116 Å². The van der Waals surface area contributed by atoms with Crippen molar-refractivity contribution < 1.29 is 29.3 Å². The summed E-state index contributed by atoms with van der Waals surface area (Å²) in [5, 5.41) is 20.9. The number of ether oxygens (including phenoxy) is 1. The number of amides is 1. The maximum Gasteiger partial charge on any atom is 0.411 e. The Morgan fingerprint density at radius 1 is 1.00 bits per heavy atom. The summed E-state index contributed by atoms with van der Waals surface area (Å²) in [4.78, 5) is 35.0. The molecule has 0 bridgehead atoms. The summed E-state index contributed by atoms with van der Waals surface area (Å²) >= 11 is 0. The molecule has 0 aromatic carbocycles. The monoisotopic (exact) mass is 386 g/mol. The summed E-state index contributed by atoms with van der Waals surface area (Å²) in [6.07, 6.45) is 1.07. The van der Waals surface area contributed by atoms with Crippen LogP contribution >= 0.6 is 0 Å². The van der Waals surface area contributed by atoms with Crippen molar-refractivity contribution in [2.24, 2.45) is 10.8 Å². The minimum absolute atomic E-state index is 0.0775. The molecule has 0 aromatic rings. The van der Waals surface area contributed by atoms with E-state index in [0.717, 1.165) is 13.0 Å². The number of rotatable bonds is 2. The molecule has 2 aliphatic heterocycles. The number of hydrogen-bond acceptors (Lipinski definition) is 5. The molecule has 2 rings (SSSR count). The molecule has 8 nitrogen and oxygen atoms in total. The van der Waals surface area contributed by atoms with Gasteiger partial charge in [-0.25, -0.2) is 9.59 Å². The second kappa shape index (κ2) is 8.04. The highest BCUT2D eigenvalue weighted by Crippen LogP contribution is 2.37. The molecule has 0 saturated carbocycles. The fourth-order valence-corrected chi connectivity index (χ4v) is 3.46. The minimum atomic E-state index is -0.974. The van der Waals surface area contributed by atoms with Gasteiger partial charge in [-0.1, -0.05) is 27.7 Å². The van der Waals surface area contributed by atoms with E-state index in [1.807, 2.05) is 27.7 Å². The fraction of sp³-hybridized carbons (Fsp3) is 0.842. The Kier molecular flexibility index (Phi) is 6.91. The summed E-state index contributed by atoms with van der Waals surface area (Å²) in [7, 11) is 0. The van der Waals surface area contributed by atoms with Gasteiger partial charge < -0.3 is 20.3 Å². The van der Waals surface area contributed by atoms with Crippen LogP contribution in [0.3, 0.4) is 0 Å². The standard InChI is InChI=1S/C12H21NO4.C7H13NO2/c1-11(2,3)17-10(16)13-7-6-12(4,5)8(13)9(14)15;1-7(2)3-4-8-5(7)6(9)10/h8H,6-7H2,1-5H3,(H,14,15);5,8H,3-4H2,1-2H3,(H,9,10)/t8-;5-/m11/s1. The predicted molar refractivity (Wildman–Crippen MR) is 101 cm³/mol. The largest absolute Gasteiger partial charge is 0.480 e. The van der Waals surface area contributed by atoms with Crippen LogP contribution in [0.4, 0.5) is 4.79 Å². The summed E-state index contributed by atoms with van der Waals surface area (Å²) < 4.78 is 5.22. The Labute approximate surface area is 161 Å². The Morgan fingerprint density at radius 3 is 1.89 bits per heavy atom. The Hall–Kier alpha value is -1.83. The zero-order chi connectivity index (χ0) is 21.2. The van der Waals surface area contributed by atoms with E-state index in [-0.39, 0.29) is 11.5 Å². The van der Waals surface area contributed by atoms with Crippen LogP contribution in [0.2, 0.25) is 0 Å². The van der Waals surface area contributed by atoms with Gasteiger partial charge in [-0.15, -0.1) is 0 Å². The number of likely N-dealkylation sites (tertiary alicyclic amines) is 1. The second-order valence-electron chi connectivity index (χ2n) is 9.62. The first-order valence-electron chi connectivity index (χ1n) is 9.27. The van der Waals surface area contributed by atoms with E-state index in [0.29, 0.717) is 13.0 Å². The number of carboxylic acid groups (broad SMARTS) is 2. The molecular formula is C19H34N2O6. The molecule has 2 saturated heterocycles. The second-order valence-corrected chi connectivity index (χ2v) is 9.62. The van der Waals surface area contributed by atoms with Crippen LogP contribution in [0.1, 0.15) is 61.3 Å². The molecule has 0 aromatic heterocycles. The van der Waals surface area contributed by atoms with Crippen molar-refractivity contribution in [3.63, 3.8) is 0 Å². The van der Waals surface area contributed by atoms with Crippen LogP contribution in [0.15, 0.2) is 0 Å². The lowest BCUT2D eigenvalue weighted by molar-refractivity contribution is -0.145. The van der Waals surface area contributed by atoms with Gasteiger partial charge in [-0.2, -0.15) is 0 Å². The molecule has 3 N–H and O–H groups in total. The first-order chi connectivity index (χ1) is 12.1. The zero-order valence-electron chi connectivity index (χ0n) is 17.5. The minimum Gasteiger partial charge on any atom is -0.480 e.